The van der Waals surface area contributed by atoms with Crippen molar-refractivity contribution >= 4 is 12.0 Å². The zero-order valence-corrected chi connectivity index (χ0v) is 10.5. The summed E-state index contributed by atoms with van der Waals surface area (Å²) in [6.07, 6.45) is -4.16. The number of hydrogen-bond acceptors (Lipinski definition) is 2. The Morgan fingerprint density at radius 2 is 1.89 bits per heavy atom. The summed E-state index contributed by atoms with van der Waals surface area (Å²) in [5.41, 5.74) is 0. The van der Waals surface area contributed by atoms with E-state index in [1.54, 1.807) is 0 Å². The van der Waals surface area contributed by atoms with Crippen molar-refractivity contribution in [3.8, 4) is 0 Å². The minimum atomic E-state index is -4.47. The fourth-order valence-corrected chi connectivity index (χ4v) is 1.99. The average Bonchev–Trinajstić information content (AvgIpc) is 2.34. The van der Waals surface area contributed by atoms with Gasteiger partial charge in [-0.05, 0) is 19.3 Å². The zero-order valence-electron chi connectivity index (χ0n) is 10.5. The summed E-state index contributed by atoms with van der Waals surface area (Å²) in [6, 6.07) is -2.65. The molecule has 1 aliphatic rings. The average molecular weight is 282 g/mol. The number of rotatable bonds is 3. The maximum Gasteiger partial charge on any atom is 0.408 e. The van der Waals surface area contributed by atoms with E-state index in [0.29, 0.717) is 0 Å². The van der Waals surface area contributed by atoms with Crippen molar-refractivity contribution in [3.63, 3.8) is 0 Å². The Bertz CT molecular complexity index is 339. The second kappa shape index (κ2) is 6.12. The van der Waals surface area contributed by atoms with E-state index in [4.69, 9.17) is 5.11 Å². The van der Waals surface area contributed by atoms with Crippen LogP contribution in [0, 0.1) is 5.92 Å². The van der Waals surface area contributed by atoms with Gasteiger partial charge < -0.3 is 15.3 Å². The van der Waals surface area contributed by atoms with Crippen LogP contribution in [0.5, 0.6) is 0 Å². The highest BCUT2D eigenvalue weighted by Gasteiger charge is 2.40. The summed E-state index contributed by atoms with van der Waals surface area (Å²) >= 11 is 0. The first kappa shape index (κ1) is 15.6. The van der Waals surface area contributed by atoms with Gasteiger partial charge in [-0.2, -0.15) is 13.2 Å². The first-order valence-corrected chi connectivity index (χ1v) is 6.10. The number of piperidine rings is 1. The van der Waals surface area contributed by atoms with Gasteiger partial charge in [-0.25, -0.2) is 4.79 Å². The summed E-state index contributed by atoms with van der Waals surface area (Å²) in [7, 11) is 0. The third-order valence-corrected chi connectivity index (χ3v) is 3.23. The minimum absolute atomic E-state index is 0.164. The van der Waals surface area contributed by atoms with Crippen molar-refractivity contribution in [1.82, 2.24) is 10.2 Å². The van der Waals surface area contributed by atoms with E-state index < -0.39 is 30.1 Å². The van der Waals surface area contributed by atoms with E-state index in [0.717, 1.165) is 0 Å². The summed E-state index contributed by atoms with van der Waals surface area (Å²) in [5.74, 6) is -1.45. The fraction of sp³-hybridized carbons (Fsp3) is 0.818. The van der Waals surface area contributed by atoms with E-state index in [1.807, 2.05) is 5.32 Å². The number of alkyl halides is 3. The fourth-order valence-electron chi connectivity index (χ4n) is 1.99. The molecule has 19 heavy (non-hydrogen) atoms. The van der Waals surface area contributed by atoms with E-state index in [2.05, 4.69) is 0 Å². The normalized spacial score (nSPS) is 19.1. The number of nitrogens with zero attached hydrogens (tertiary/aromatic N) is 1. The number of carbonyl (C=O) groups is 2. The van der Waals surface area contributed by atoms with E-state index in [-0.39, 0.29) is 32.4 Å². The number of carboxylic acids is 1. The van der Waals surface area contributed by atoms with Crippen LogP contribution in [-0.4, -0.2) is 47.3 Å². The third-order valence-electron chi connectivity index (χ3n) is 3.23. The molecule has 1 fully saturated rings. The SMILES string of the molecule is CC[C@H](NC(=O)N1CCC(C(=O)O)CC1)C(F)(F)F. The lowest BCUT2D eigenvalue weighted by atomic mass is 9.97. The summed E-state index contributed by atoms with van der Waals surface area (Å²) in [6.45, 7) is 1.67. The van der Waals surface area contributed by atoms with Gasteiger partial charge in [-0.15, -0.1) is 0 Å². The molecule has 1 heterocycles. The van der Waals surface area contributed by atoms with Gasteiger partial charge in [-0.1, -0.05) is 6.92 Å². The Balaban J connectivity index is 2.49. The summed E-state index contributed by atoms with van der Waals surface area (Å²) < 4.78 is 37.5. The van der Waals surface area contributed by atoms with Crippen LogP contribution in [0.25, 0.3) is 0 Å². The van der Waals surface area contributed by atoms with Crippen LogP contribution in [0.3, 0.4) is 0 Å². The molecule has 5 nitrogen and oxygen atoms in total. The molecule has 1 atom stereocenters. The van der Waals surface area contributed by atoms with Gasteiger partial charge in [0.15, 0.2) is 0 Å². The monoisotopic (exact) mass is 282 g/mol. The van der Waals surface area contributed by atoms with Crippen LogP contribution >= 0.6 is 0 Å². The van der Waals surface area contributed by atoms with Crippen molar-refractivity contribution in [2.24, 2.45) is 5.92 Å². The second-order valence-corrected chi connectivity index (χ2v) is 4.55. The van der Waals surface area contributed by atoms with Gasteiger partial charge in [0.2, 0.25) is 0 Å². The highest BCUT2D eigenvalue weighted by Crippen LogP contribution is 2.23. The number of nitrogens with one attached hydrogen (secondary N) is 1. The molecular formula is C11H17F3N2O3. The molecule has 0 saturated carbocycles. The quantitative estimate of drug-likeness (QED) is 0.829. The minimum Gasteiger partial charge on any atom is -0.481 e. The Kier molecular flexibility index (Phi) is 5.02. The molecule has 2 amide bonds. The number of amides is 2. The maximum atomic E-state index is 12.5. The molecule has 1 aliphatic heterocycles. The molecule has 0 aromatic rings. The van der Waals surface area contributed by atoms with E-state index in [9.17, 15) is 22.8 Å². The number of carbonyl (C=O) groups excluding carboxylic acids is 1. The standard InChI is InChI=1S/C11H17F3N2O3/c1-2-8(11(12,13)14)15-10(19)16-5-3-7(4-6-16)9(17)18/h7-8H,2-6H2,1H3,(H,15,19)(H,17,18)/t8-/m0/s1. The molecule has 0 spiro atoms. The first-order chi connectivity index (χ1) is 8.75. The highest BCUT2D eigenvalue weighted by atomic mass is 19.4. The van der Waals surface area contributed by atoms with Gasteiger partial charge in [0.1, 0.15) is 6.04 Å². The molecule has 0 unspecified atom stereocenters. The number of aliphatic carboxylic acids is 1. The first-order valence-electron chi connectivity index (χ1n) is 6.10. The molecule has 2 N–H and O–H groups in total. The van der Waals surface area contributed by atoms with Crippen molar-refractivity contribution in [3.05, 3.63) is 0 Å². The van der Waals surface area contributed by atoms with Crippen molar-refractivity contribution in [2.75, 3.05) is 13.1 Å². The molecule has 0 bridgehead atoms. The largest absolute Gasteiger partial charge is 0.481 e. The number of carboxylic acid groups (broad SMARTS) is 1. The molecule has 0 radical (unpaired) electrons. The summed E-state index contributed by atoms with van der Waals surface area (Å²) in [5, 5.41) is 10.7. The van der Waals surface area contributed by atoms with E-state index >= 15 is 0 Å². The third kappa shape index (κ3) is 4.29. The molecular weight excluding hydrogens is 265 g/mol. The lowest BCUT2D eigenvalue weighted by Gasteiger charge is -2.32. The number of halogens is 3. The molecule has 110 valence electrons. The lowest BCUT2D eigenvalue weighted by molar-refractivity contribution is -0.154. The molecule has 0 aromatic carbocycles. The van der Waals surface area contributed by atoms with Crippen molar-refractivity contribution in [2.45, 2.75) is 38.4 Å². The zero-order chi connectivity index (χ0) is 14.6. The second-order valence-electron chi connectivity index (χ2n) is 4.55. The maximum absolute atomic E-state index is 12.5. The molecule has 8 heteroatoms. The van der Waals surface area contributed by atoms with Crippen LogP contribution < -0.4 is 5.32 Å². The lowest BCUT2D eigenvalue weighted by Crippen LogP contribution is -2.52. The predicted octanol–water partition coefficient (Wildman–Crippen LogP) is 1.83. The number of hydrogen-bond donors (Lipinski definition) is 2. The van der Waals surface area contributed by atoms with Crippen LogP contribution in [0.1, 0.15) is 26.2 Å². The van der Waals surface area contributed by atoms with Gasteiger partial charge in [0, 0.05) is 13.1 Å². The van der Waals surface area contributed by atoms with E-state index in [1.165, 1.54) is 11.8 Å². The van der Waals surface area contributed by atoms with Crippen LogP contribution in [-0.2, 0) is 4.79 Å². The predicted molar refractivity (Wildman–Crippen MR) is 60.6 cm³/mol. The molecule has 1 saturated heterocycles. The molecule has 1 rings (SSSR count). The Labute approximate surface area is 108 Å². The molecule has 0 aromatic heterocycles. The van der Waals surface area contributed by atoms with Crippen LogP contribution in [0.15, 0.2) is 0 Å². The molecule has 0 aliphatic carbocycles. The van der Waals surface area contributed by atoms with Crippen molar-refractivity contribution < 1.29 is 27.9 Å². The van der Waals surface area contributed by atoms with Crippen molar-refractivity contribution in [1.29, 1.82) is 0 Å². The topological polar surface area (TPSA) is 69.6 Å². The van der Waals surface area contributed by atoms with Gasteiger partial charge in [-0.3, -0.25) is 4.79 Å². The van der Waals surface area contributed by atoms with Gasteiger partial charge in [0.25, 0.3) is 0 Å². The van der Waals surface area contributed by atoms with Crippen LogP contribution in [0.4, 0.5) is 18.0 Å². The Morgan fingerprint density at radius 1 is 1.37 bits per heavy atom. The smallest absolute Gasteiger partial charge is 0.408 e. The Hall–Kier alpha value is -1.47. The van der Waals surface area contributed by atoms with Gasteiger partial charge in [0.05, 0.1) is 5.92 Å². The summed E-state index contributed by atoms with van der Waals surface area (Å²) in [4.78, 5) is 23.6. The number of likely N-dealkylation sites (tertiary alicyclic amines) is 1. The van der Waals surface area contributed by atoms with Crippen LogP contribution in [0.2, 0.25) is 0 Å². The Morgan fingerprint density at radius 3 is 2.26 bits per heavy atom. The number of urea groups is 1. The van der Waals surface area contributed by atoms with Gasteiger partial charge >= 0.3 is 18.2 Å². The highest BCUT2D eigenvalue weighted by molar-refractivity contribution is 5.75.